The summed E-state index contributed by atoms with van der Waals surface area (Å²) < 4.78 is 0. The number of hydrogen-bond donors (Lipinski definition) is 0. The van der Waals surface area contributed by atoms with E-state index in [0.29, 0.717) is 0 Å². The summed E-state index contributed by atoms with van der Waals surface area (Å²) in [6.07, 6.45) is 0. The summed E-state index contributed by atoms with van der Waals surface area (Å²) in [5.41, 5.74) is 0. The van der Waals surface area contributed by atoms with E-state index in [2.05, 4.69) is 0 Å². The van der Waals surface area contributed by atoms with Crippen molar-refractivity contribution in [3.63, 3.8) is 0 Å². The summed E-state index contributed by atoms with van der Waals surface area (Å²) in [7, 11) is 0. The second kappa shape index (κ2) is 17.6. The van der Waals surface area contributed by atoms with Gasteiger partial charge in [-0.2, -0.15) is 0 Å². The minimum Gasteiger partial charge on any atom is -0.269 e. The molecule has 0 aromatic rings. The Balaban J connectivity index is 0. The Labute approximate surface area is 89.5 Å². The van der Waals surface area contributed by atoms with E-state index in [1.807, 2.05) is 0 Å². The van der Waals surface area contributed by atoms with Gasteiger partial charge < -0.3 is 0 Å². The summed E-state index contributed by atoms with van der Waals surface area (Å²) in [6, 6.07) is 0. The SMILES string of the molecule is C.F.[Ca].[Ce]. The Kier molecular flexibility index (Phi) is 136. The van der Waals surface area contributed by atoms with Gasteiger partial charge in [0.05, 0.1) is 0 Å². The van der Waals surface area contributed by atoms with E-state index >= 15 is 0 Å². The molecule has 0 aliphatic carbocycles. The fraction of sp³-hybridized carbons (Fsp3) is 1.00. The van der Waals surface area contributed by atoms with Gasteiger partial charge in [0.1, 0.15) is 0 Å². The summed E-state index contributed by atoms with van der Waals surface area (Å²) in [5, 5.41) is 0. The van der Waals surface area contributed by atoms with E-state index < -0.39 is 0 Å². The zero-order valence-corrected chi connectivity index (χ0v) is 6.96. The zero-order valence-electron chi connectivity index (χ0n) is 1.62. The summed E-state index contributed by atoms with van der Waals surface area (Å²) in [6.45, 7) is 0. The summed E-state index contributed by atoms with van der Waals surface area (Å²) >= 11 is 0. The van der Waals surface area contributed by atoms with Crippen LogP contribution < -0.4 is 0 Å². The van der Waals surface area contributed by atoms with Crippen molar-refractivity contribution in [3.8, 4) is 0 Å². The molecule has 0 aromatic heterocycles. The fourth-order valence-electron chi connectivity index (χ4n) is 0. The molecule has 0 N–H and O–H groups in total. The number of rotatable bonds is 0. The summed E-state index contributed by atoms with van der Waals surface area (Å²) in [5.74, 6) is 0. The van der Waals surface area contributed by atoms with Crippen LogP contribution in [0.4, 0.5) is 4.70 Å². The maximum atomic E-state index is 0. The molecule has 0 saturated heterocycles. The van der Waals surface area contributed by atoms with Crippen LogP contribution in [0.3, 0.4) is 0 Å². The maximum Gasteiger partial charge on any atom is 0 e. The minimum atomic E-state index is 0. The van der Waals surface area contributed by atoms with Crippen molar-refractivity contribution in [2.45, 2.75) is 7.43 Å². The Bertz CT molecular complexity index is 8.00. The van der Waals surface area contributed by atoms with Gasteiger partial charge in [-0.3, -0.25) is 4.70 Å². The number of hydrogen-bond acceptors (Lipinski definition) is 0. The molecular formula is CH5CaCeF. The first kappa shape index (κ1) is 30.9. The van der Waals surface area contributed by atoms with Crippen LogP contribution in [0.15, 0.2) is 0 Å². The molecule has 0 atom stereocenters. The molecule has 0 aromatic carbocycles. The van der Waals surface area contributed by atoms with Crippen LogP contribution in [0.1, 0.15) is 7.43 Å². The average molecular weight is 216 g/mol. The molecule has 0 saturated carbocycles. The van der Waals surface area contributed by atoms with Crippen molar-refractivity contribution >= 4 is 37.7 Å². The van der Waals surface area contributed by atoms with Crippen molar-refractivity contribution in [2.75, 3.05) is 0 Å². The third-order valence-electron chi connectivity index (χ3n) is 0. The van der Waals surface area contributed by atoms with Crippen LogP contribution in [0.25, 0.3) is 0 Å². The Morgan fingerprint density at radius 2 is 1.00 bits per heavy atom. The van der Waals surface area contributed by atoms with Crippen LogP contribution in [0.5, 0.6) is 0 Å². The molecule has 0 rings (SSSR count). The largest absolute Gasteiger partial charge is 0.269 e. The van der Waals surface area contributed by atoms with Gasteiger partial charge in [-0.1, -0.05) is 7.43 Å². The van der Waals surface area contributed by atoms with Gasteiger partial charge in [0, 0.05) is 79.5 Å². The van der Waals surface area contributed by atoms with E-state index in [-0.39, 0.29) is 91.6 Å². The molecule has 0 aliphatic heterocycles. The van der Waals surface area contributed by atoms with E-state index in [1.165, 1.54) is 0 Å². The molecular weight excluding hydrogens is 211 g/mol. The van der Waals surface area contributed by atoms with Gasteiger partial charge in [0.25, 0.3) is 0 Å². The Morgan fingerprint density at radius 1 is 1.00 bits per heavy atom. The Morgan fingerprint density at radius 3 is 1.00 bits per heavy atom. The third kappa shape index (κ3) is 8.82. The molecule has 2 radical (unpaired) electrons. The molecule has 22 valence electrons. The van der Waals surface area contributed by atoms with Crippen LogP contribution in [-0.2, 0) is 0 Å². The van der Waals surface area contributed by atoms with E-state index in [9.17, 15) is 0 Å². The van der Waals surface area contributed by atoms with Crippen LogP contribution in [0, 0.1) is 41.7 Å². The first-order chi connectivity index (χ1) is 0. The molecule has 0 nitrogen and oxygen atoms in total. The quantitative estimate of drug-likeness (QED) is 0.514. The van der Waals surface area contributed by atoms with Gasteiger partial charge in [-0.15, -0.1) is 0 Å². The van der Waals surface area contributed by atoms with Gasteiger partial charge in [0.2, 0.25) is 0 Å². The minimum absolute atomic E-state index is 0. The molecule has 0 unspecified atom stereocenters. The topological polar surface area (TPSA) is 0 Å². The van der Waals surface area contributed by atoms with Crippen molar-refractivity contribution in [3.05, 3.63) is 0 Å². The smallest absolute Gasteiger partial charge is 0 e. The second-order valence-corrected chi connectivity index (χ2v) is 0. The van der Waals surface area contributed by atoms with Gasteiger partial charge in [0.15, 0.2) is 0 Å². The second-order valence-electron chi connectivity index (χ2n) is 0. The first-order valence-corrected chi connectivity index (χ1v) is 0. The maximum absolute atomic E-state index is 0. The number of halogens is 1. The molecule has 0 bridgehead atoms. The Hall–Kier alpha value is 2.57. The third-order valence-corrected chi connectivity index (χ3v) is 0. The molecule has 0 amide bonds. The molecule has 0 heterocycles. The molecule has 0 spiro atoms. The zero-order chi connectivity index (χ0) is 0. The molecule has 4 heavy (non-hydrogen) atoms. The fourth-order valence-corrected chi connectivity index (χ4v) is 0. The standard InChI is InChI=1S/CH4.Ca.Ce.FH/h1H4;;;1H. The van der Waals surface area contributed by atoms with Crippen molar-refractivity contribution < 1.29 is 46.5 Å². The van der Waals surface area contributed by atoms with Crippen molar-refractivity contribution in [1.82, 2.24) is 0 Å². The van der Waals surface area contributed by atoms with E-state index in [0.717, 1.165) is 0 Å². The molecule has 0 fully saturated rings. The van der Waals surface area contributed by atoms with Gasteiger partial charge in [-0.25, -0.2) is 0 Å². The van der Waals surface area contributed by atoms with Crippen molar-refractivity contribution in [1.29, 1.82) is 0 Å². The first-order valence-electron chi connectivity index (χ1n) is 0. The van der Waals surface area contributed by atoms with Crippen molar-refractivity contribution in [2.24, 2.45) is 0 Å². The average Bonchev–Trinajstić information content (AvgIpc) is 0. The normalized spacial score (nSPS) is 0. The van der Waals surface area contributed by atoms with Gasteiger partial charge in [-0.05, 0) is 0 Å². The van der Waals surface area contributed by atoms with Crippen LogP contribution >= 0.6 is 0 Å². The predicted molar refractivity (Wildman–Crippen MR) is 15.0 cm³/mol. The molecule has 3 heteroatoms. The predicted octanol–water partition coefficient (Wildman–Crippen LogP) is 0.408. The monoisotopic (exact) mass is 216 g/mol. The van der Waals surface area contributed by atoms with E-state index in [4.69, 9.17) is 0 Å². The molecule has 0 aliphatic rings. The summed E-state index contributed by atoms with van der Waals surface area (Å²) in [4.78, 5) is 0. The van der Waals surface area contributed by atoms with E-state index in [1.54, 1.807) is 0 Å². The van der Waals surface area contributed by atoms with Gasteiger partial charge >= 0.3 is 0 Å². The van der Waals surface area contributed by atoms with Crippen LogP contribution in [-0.4, -0.2) is 37.7 Å². The van der Waals surface area contributed by atoms with Crippen LogP contribution in [0.2, 0.25) is 0 Å².